The molecule has 0 radical (unpaired) electrons. The van der Waals surface area contributed by atoms with Gasteiger partial charge in [-0.05, 0) is 95.2 Å². The summed E-state index contributed by atoms with van der Waals surface area (Å²) in [4.78, 5) is 14.8. The lowest BCUT2D eigenvalue weighted by atomic mass is 9.81. The predicted octanol–water partition coefficient (Wildman–Crippen LogP) is 10.7. The zero-order chi connectivity index (χ0) is 33.9. The van der Waals surface area contributed by atoms with Crippen molar-refractivity contribution in [1.29, 1.82) is 0 Å². The molecule has 0 saturated carbocycles. The largest absolute Gasteiger partial charge is 0.427 e. The van der Waals surface area contributed by atoms with E-state index in [1.165, 1.54) is 44.0 Å². The molecule has 1 unspecified atom stereocenters. The zero-order valence-corrected chi connectivity index (χ0v) is 30.6. The molecule has 2 aliphatic heterocycles. The van der Waals surface area contributed by atoms with Gasteiger partial charge in [0.05, 0.1) is 11.1 Å². The summed E-state index contributed by atoms with van der Waals surface area (Å²) in [6.07, 6.45) is 13.5. The number of rotatable bonds is 10. The van der Waals surface area contributed by atoms with Gasteiger partial charge in [-0.25, -0.2) is 0 Å². The number of para-hydroxylation sites is 3. The number of allylic oxidation sites excluding steroid dienone is 5. The molecule has 0 spiro atoms. The van der Waals surface area contributed by atoms with Gasteiger partial charge in [0.1, 0.15) is 12.8 Å². The van der Waals surface area contributed by atoms with Crippen LogP contribution in [0.25, 0.3) is 0 Å². The zero-order valence-electron chi connectivity index (χ0n) is 29.1. The van der Waals surface area contributed by atoms with Gasteiger partial charge in [-0.2, -0.15) is 4.58 Å². The molecule has 0 N–H and O–H groups in total. The van der Waals surface area contributed by atoms with E-state index in [-0.39, 0.29) is 16.8 Å². The molecule has 0 saturated heterocycles. The molecule has 3 aliphatic rings. The third kappa shape index (κ3) is 6.81. The van der Waals surface area contributed by atoms with Crippen LogP contribution in [0.4, 0.5) is 11.4 Å². The monoisotopic (exact) mass is 703 g/mol. The summed E-state index contributed by atoms with van der Waals surface area (Å²) < 4.78 is 9.09. The number of benzene rings is 3. The van der Waals surface area contributed by atoms with E-state index in [0.717, 1.165) is 45.1 Å². The van der Waals surface area contributed by atoms with E-state index in [0.29, 0.717) is 18.1 Å². The fraction of sp³-hybridized carbons (Fsp3) is 0.372. The predicted molar refractivity (Wildman–Crippen MR) is 202 cm³/mol. The lowest BCUT2D eigenvalue weighted by Crippen LogP contribution is -2.26. The molecular formula is C43H48BrN2O2+. The molecule has 6 rings (SSSR count). The molecule has 1 aliphatic carbocycles. The standard InChI is InChI=1S/C43H48BrN2O2/c1-42(2)34-21-11-13-23-36(34)45(5)38(42)28-26-31-17-16-18-32(41(31)44)27-29-39-43(3,4)35-22-12-14-24-37(35)46(39)30-15-7-10-25-40(47)48-33-19-8-6-9-20-33/h6,8-9,11-14,19-24,26-28,32H,7,10,15-18,25,30H2,1-5H3/q+1/b28-26+. The van der Waals surface area contributed by atoms with Crippen LogP contribution in [-0.2, 0) is 15.6 Å². The van der Waals surface area contributed by atoms with E-state index < -0.39 is 0 Å². The first-order valence-electron chi connectivity index (χ1n) is 17.5. The topological polar surface area (TPSA) is 32.5 Å². The van der Waals surface area contributed by atoms with Gasteiger partial charge in [-0.15, -0.1) is 5.73 Å². The highest BCUT2D eigenvalue weighted by atomic mass is 79.9. The number of anilines is 1. The van der Waals surface area contributed by atoms with Crippen LogP contribution in [0.15, 0.2) is 119 Å². The number of esters is 1. The van der Waals surface area contributed by atoms with Gasteiger partial charge in [0, 0.05) is 52.2 Å². The first-order valence-corrected chi connectivity index (χ1v) is 18.3. The van der Waals surface area contributed by atoms with Gasteiger partial charge in [-0.3, -0.25) is 4.79 Å². The van der Waals surface area contributed by atoms with Crippen LogP contribution in [0.2, 0.25) is 0 Å². The van der Waals surface area contributed by atoms with Crippen molar-refractivity contribution in [2.24, 2.45) is 5.92 Å². The Balaban J connectivity index is 1.17. The number of ether oxygens (including phenoxy) is 1. The summed E-state index contributed by atoms with van der Waals surface area (Å²) in [6.45, 7) is 10.2. The average Bonchev–Trinajstić information content (AvgIpc) is 3.41. The minimum atomic E-state index is -0.166. The average molecular weight is 705 g/mol. The summed E-state index contributed by atoms with van der Waals surface area (Å²) in [5.41, 5.74) is 12.9. The van der Waals surface area contributed by atoms with Crippen molar-refractivity contribution in [3.8, 4) is 5.75 Å². The number of hydrogen-bond donors (Lipinski definition) is 0. The van der Waals surface area contributed by atoms with Gasteiger partial charge < -0.3 is 9.64 Å². The molecule has 5 heteroatoms. The first-order chi connectivity index (χ1) is 23.1. The number of carbonyl (C=O) groups is 1. The molecule has 0 bridgehead atoms. The molecule has 0 fully saturated rings. The normalized spacial score (nSPS) is 19.4. The van der Waals surface area contributed by atoms with Crippen molar-refractivity contribution in [3.63, 3.8) is 0 Å². The van der Waals surface area contributed by atoms with Crippen molar-refractivity contribution in [3.05, 3.63) is 130 Å². The van der Waals surface area contributed by atoms with Crippen LogP contribution in [-0.4, -0.2) is 29.8 Å². The van der Waals surface area contributed by atoms with Gasteiger partial charge in [0.15, 0.2) is 5.71 Å². The Morgan fingerprint density at radius 1 is 0.917 bits per heavy atom. The minimum absolute atomic E-state index is 0.0365. The second kappa shape index (κ2) is 14.3. The Morgan fingerprint density at radius 3 is 2.40 bits per heavy atom. The number of unbranched alkanes of at least 4 members (excludes halogenated alkanes) is 2. The first kappa shape index (κ1) is 34.0. The fourth-order valence-electron chi connectivity index (χ4n) is 7.68. The van der Waals surface area contributed by atoms with E-state index in [1.807, 2.05) is 30.3 Å². The van der Waals surface area contributed by atoms with Crippen LogP contribution < -0.4 is 9.64 Å². The maximum Gasteiger partial charge on any atom is 0.311 e. The highest BCUT2D eigenvalue weighted by Crippen LogP contribution is 2.48. The molecule has 3 aromatic carbocycles. The molecule has 248 valence electrons. The lowest BCUT2D eigenvalue weighted by molar-refractivity contribution is -0.401. The fourth-order valence-corrected chi connectivity index (χ4v) is 8.37. The highest BCUT2D eigenvalue weighted by molar-refractivity contribution is 9.11. The summed E-state index contributed by atoms with van der Waals surface area (Å²) in [6, 6.07) is 26.8. The quantitative estimate of drug-likeness (QED) is 0.0693. The summed E-state index contributed by atoms with van der Waals surface area (Å²) >= 11 is 4.05. The van der Waals surface area contributed by atoms with E-state index in [2.05, 4.69) is 133 Å². The van der Waals surface area contributed by atoms with Crippen LogP contribution in [0.1, 0.15) is 83.8 Å². The van der Waals surface area contributed by atoms with Gasteiger partial charge >= 0.3 is 5.97 Å². The second-order valence-electron chi connectivity index (χ2n) is 14.3. The Morgan fingerprint density at radius 2 is 1.62 bits per heavy atom. The Bertz CT molecular complexity index is 1840. The van der Waals surface area contributed by atoms with Gasteiger partial charge in [0.2, 0.25) is 5.69 Å². The summed E-state index contributed by atoms with van der Waals surface area (Å²) in [5, 5.41) is 0. The van der Waals surface area contributed by atoms with Crippen molar-refractivity contribution in [1.82, 2.24) is 0 Å². The maximum atomic E-state index is 12.3. The molecular weight excluding hydrogens is 656 g/mol. The SMILES string of the molecule is C[N+]1=C(/C=C/C2=C(Br)C(C=C=C3N(CCCCCC(=O)Oc4ccccc4)c4ccccc4C3(C)C)CCC2)C(C)(C)c2ccccc21. The smallest absolute Gasteiger partial charge is 0.311 e. The maximum absolute atomic E-state index is 12.3. The Kier molecular flexibility index (Phi) is 10.1. The number of nitrogens with zero attached hydrogens (tertiary/aromatic N) is 2. The molecule has 2 heterocycles. The Hall–Kier alpha value is -3.92. The van der Waals surface area contributed by atoms with E-state index in [4.69, 9.17) is 4.74 Å². The van der Waals surface area contributed by atoms with Crippen LogP contribution in [0.3, 0.4) is 0 Å². The highest BCUT2D eigenvalue weighted by Gasteiger charge is 2.43. The van der Waals surface area contributed by atoms with E-state index in [1.54, 1.807) is 0 Å². The van der Waals surface area contributed by atoms with Crippen LogP contribution in [0.5, 0.6) is 5.75 Å². The number of halogens is 1. The Labute approximate surface area is 295 Å². The second-order valence-corrected chi connectivity index (χ2v) is 15.2. The molecule has 0 aromatic heterocycles. The van der Waals surface area contributed by atoms with Gasteiger partial charge in [-0.1, -0.05) is 83.0 Å². The third-order valence-corrected chi connectivity index (χ3v) is 11.5. The van der Waals surface area contributed by atoms with Crippen molar-refractivity contribution in [2.45, 2.75) is 83.5 Å². The summed E-state index contributed by atoms with van der Waals surface area (Å²) in [5.74, 6) is 0.734. The number of fused-ring (bicyclic) bond motifs is 2. The van der Waals surface area contributed by atoms with Crippen molar-refractivity contribution >= 4 is 39.0 Å². The molecule has 1 atom stereocenters. The van der Waals surface area contributed by atoms with Crippen LogP contribution >= 0.6 is 15.9 Å². The summed E-state index contributed by atoms with van der Waals surface area (Å²) in [7, 11) is 2.18. The van der Waals surface area contributed by atoms with Crippen molar-refractivity contribution < 1.29 is 14.1 Å². The molecule has 48 heavy (non-hydrogen) atoms. The van der Waals surface area contributed by atoms with Crippen molar-refractivity contribution in [2.75, 3.05) is 18.5 Å². The third-order valence-electron chi connectivity index (χ3n) is 10.4. The van der Waals surface area contributed by atoms with Crippen LogP contribution in [0, 0.1) is 5.92 Å². The van der Waals surface area contributed by atoms with Gasteiger partial charge in [0.25, 0.3) is 0 Å². The van der Waals surface area contributed by atoms with E-state index in [9.17, 15) is 4.79 Å². The number of hydrogen-bond acceptors (Lipinski definition) is 3. The molecule has 4 nitrogen and oxygen atoms in total. The molecule has 3 aromatic rings. The minimum Gasteiger partial charge on any atom is -0.427 e. The molecule has 0 amide bonds. The lowest BCUT2D eigenvalue weighted by Gasteiger charge is -2.26. The number of carbonyl (C=O) groups excluding carboxylic acids is 1. The van der Waals surface area contributed by atoms with E-state index >= 15 is 0 Å².